The Morgan fingerprint density at radius 1 is 1.50 bits per heavy atom. The summed E-state index contributed by atoms with van der Waals surface area (Å²) in [6.45, 7) is 5.18. The lowest BCUT2D eigenvalue weighted by molar-refractivity contribution is -0.0215. The minimum Gasteiger partial charge on any atom is -0.376 e. The molecule has 3 heterocycles. The fourth-order valence-electron chi connectivity index (χ4n) is 2.47. The molecule has 0 unspecified atom stereocenters. The van der Waals surface area contributed by atoms with Crippen LogP contribution in [0.2, 0.25) is 5.02 Å². The lowest BCUT2D eigenvalue weighted by Gasteiger charge is -2.30. The molecule has 2 aromatic rings. The predicted octanol–water partition coefficient (Wildman–Crippen LogP) is 1.57. The van der Waals surface area contributed by atoms with Crippen LogP contribution in [0.1, 0.15) is 12.6 Å². The smallest absolute Gasteiger partial charge is 0.258 e. The molecule has 1 fully saturated rings. The Kier molecular flexibility index (Phi) is 3.74. The summed E-state index contributed by atoms with van der Waals surface area (Å²) < 4.78 is 6.98. The van der Waals surface area contributed by atoms with Crippen LogP contribution in [0.3, 0.4) is 0 Å². The first-order valence-electron chi connectivity index (χ1n) is 6.63. The Hall–Kier alpha value is -1.43. The summed E-state index contributed by atoms with van der Waals surface area (Å²) in [4.78, 5) is 18.8. The topological polar surface area (TPSA) is 46.8 Å². The molecule has 0 spiro atoms. The molecule has 0 N–H and O–H groups in total. The highest BCUT2D eigenvalue weighted by molar-refractivity contribution is 6.30. The van der Waals surface area contributed by atoms with Gasteiger partial charge in [-0.15, -0.1) is 0 Å². The highest BCUT2D eigenvalue weighted by Gasteiger charge is 2.17. The van der Waals surface area contributed by atoms with Crippen molar-refractivity contribution in [1.82, 2.24) is 14.3 Å². The number of pyridine rings is 1. The van der Waals surface area contributed by atoms with Gasteiger partial charge in [0.2, 0.25) is 0 Å². The van der Waals surface area contributed by atoms with Crippen molar-refractivity contribution in [3.8, 4) is 0 Å². The van der Waals surface area contributed by atoms with Crippen molar-refractivity contribution in [2.75, 3.05) is 19.7 Å². The maximum Gasteiger partial charge on any atom is 0.258 e. The van der Waals surface area contributed by atoms with Gasteiger partial charge in [-0.25, -0.2) is 4.98 Å². The highest BCUT2D eigenvalue weighted by atomic mass is 35.5. The van der Waals surface area contributed by atoms with Crippen molar-refractivity contribution in [3.63, 3.8) is 0 Å². The van der Waals surface area contributed by atoms with Crippen LogP contribution < -0.4 is 5.56 Å². The molecule has 0 bridgehead atoms. The van der Waals surface area contributed by atoms with E-state index >= 15 is 0 Å². The molecule has 0 amide bonds. The molecule has 5 nitrogen and oxygen atoms in total. The van der Waals surface area contributed by atoms with Gasteiger partial charge >= 0.3 is 0 Å². The fourth-order valence-corrected chi connectivity index (χ4v) is 2.63. The SMILES string of the molecule is C[C@@H]1CN(Cc2cc(=O)n3cc(Cl)ccc3n2)CCO1. The van der Waals surface area contributed by atoms with Gasteiger partial charge in [-0.3, -0.25) is 14.1 Å². The lowest BCUT2D eigenvalue weighted by Crippen LogP contribution is -2.40. The third-order valence-electron chi connectivity index (χ3n) is 3.39. The van der Waals surface area contributed by atoms with Crippen molar-refractivity contribution >= 4 is 17.2 Å². The van der Waals surface area contributed by atoms with Crippen LogP contribution in [-0.4, -0.2) is 40.1 Å². The highest BCUT2D eigenvalue weighted by Crippen LogP contribution is 2.11. The van der Waals surface area contributed by atoms with Crippen molar-refractivity contribution in [1.29, 1.82) is 0 Å². The van der Waals surface area contributed by atoms with Gasteiger partial charge in [0.15, 0.2) is 0 Å². The second-order valence-corrected chi connectivity index (χ2v) is 5.51. The van der Waals surface area contributed by atoms with E-state index in [-0.39, 0.29) is 11.7 Å². The number of ether oxygens (including phenoxy) is 1. The minimum absolute atomic E-state index is 0.103. The van der Waals surface area contributed by atoms with E-state index in [9.17, 15) is 4.79 Å². The van der Waals surface area contributed by atoms with Gasteiger partial charge in [0.05, 0.1) is 23.4 Å². The Labute approximate surface area is 121 Å². The molecule has 0 saturated carbocycles. The molecule has 1 atom stereocenters. The fraction of sp³-hybridized carbons (Fsp3) is 0.429. The van der Waals surface area contributed by atoms with Crippen LogP contribution >= 0.6 is 11.6 Å². The summed E-state index contributed by atoms with van der Waals surface area (Å²) in [5, 5.41) is 0.524. The number of fused-ring (bicyclic) bond motifs is 1. The van der Waals surface area contributed by atoms with Crippen LogP contribution in [-0.2, 0) is 11.3 Å². The molecule has 1 aliphatic rings. The average Bonchev–Trinajstić information content (AvgIpc) is 2.40. The van der Waals surface area contributed by atoms with Gasteiger partial charge in [-0.1, -0.05) is 11.6 Å². The van der Waals surface area contributed by atoms with Crippen LogP contribution in [0.25, 0.3) is 5.65 Å². The van der Waals surface area contributed by atoms with Gasteiger partial charge in [-0.2, -0.15) is 0 Å². The van der Waals surface area contributed by atoms with Crippen molar-refractivity contribution < 1.29 is 4.74 Å². The van der Waals surface area contributed by atoms with E-state index in [0.29, 0.717) is 17.2 Å². The Morgan fingerprint density at radius 3 is 3.15 bits per heavy atom. The van der Waals surface area contributed by atoms with Gasteiger partial charge in [0, 0.05) is 31.9 Å². The Bertz CT molecular complexity index is 686. The van der Waals surface area contributed by atoms with E-state index in [1.807, 2.05) is 0 Å². The average molecular weight is 294 g/mol. The maximum absolute atomic E-state index is 12.1. The number of aromatic nitrogens is 2. The molecule has 0 aliphatic carbocycles. The summed E-state index contributed by atoms with van der Waals surface area (Å²) in [5.74, 6) is 0. The van der Waals surface area contributed by atoms with Gasteiger partial charge in [-0.05, 0) is 19.1 Å². The molecular formula is C14H16ClN3O2. The zero-order valence-corrected chi connectivity index (χ0v) is 12.0. The molecule has 2 aromatic heterocycles. The monoisotopic (exact) mass is 293 g/mol. The molecular weight excluding hydrogens is 278 g/mol. The van der Waals surface area contributed by atoms with Crippen LogP contribution in [0.5, 0.6) is 0 Å². The summed E-state index contributed by atoms with van der Waals surface area (Å²) in [5.41, 5.74) is 1.30. The molecule has 106 valence electrons. The first-order chi connectivity index (χ1) is 9.61. The molecule has 1 aliphatic heterocycles. The summed E-state index contributed by atoms with van der Waals surface area (Å²) in [7, 11) is 0. The maximum atomic E-state index is 12.1. The van der Waals surface area contributed by atoms with E-state index in [2.05, 4.69) is 16.8 Å². The van der Waals surface area contributed by atoms with Gasteiger partial charge in [0.25, 0.3) is 5.56 Å². The number of rotatable bonds is 2. The first-order valence-corrected chi connectivity index (χ1v) is 7.01. The molecule has 6 heteroatoms. The van der Waals surface area contributed by atoms with Crippen LogP contribution in [0, 0.1) is 0 Å². The third kappa shape index (κ3) is 2.85. The number of nitrogens with zero attached hydrogens (tertiary/aromatic N) is 3. The number of morpholine rings is 1. The Morgan fingerprint density at radius 2 is 2.35 bits per heavy atom. The van der Waals surface area contributed by atoms with E-state index in [1.54, 1.807) is 24.4 Å². The van der Waals surface area contributed by atoms with Crippen molar-refractivity contribution in [3.05, 3.63) is 45.5 Å². The third-order valence-corrected chi connectivity index (χ3v) is 3.61. The van der Waals surface area contributed by atoms with Gasteiger partial charge < -0.3 is 4.74 Å². The Balaban J connectivity index is 1.89. The van der Waals surface area contributed by atoms with E-state index < -0.39 is 0 Å². The van der Waals surface area contributed by atoms with Crippen molar-refractivity contribution in [2.45, 2.75) is 19.6 Å². The van der Waals surface area contributed by atoms with Crippen LogP contribution in [0.15, 0.2) is 29.2 Å². The summed E-state index contributed by atoms with van der Waals surface area (Å²) >= 11 is 5.89. The van der Waals surface area contributed by atoms with Gasteiger partial charge in [0.1, 0.15) is 5.65 Å². The van der Waals surface area contributed by atoms with Crippen LogP contribution in [0.4, 0.5) is 0 Å². The normalized spacial score (nSPS) is 20.4. The second kappa shape index (κ2) is 5.52. The molecule has 20 heavy (non-hydrogen) atoms. The number of hydrogen-bond donors (Lipinski definition) is 0. The minimum atomic E-state index is -0.103. The summed E-state index contributed by atoms with van der Waals surface area (Å²) in [6, 6.07) is 5.07. The largest absolute Gasteiger partial charge is 0.376 e. The number of hydrogen-bond acceptors (Lipinski definition) is 4. The van der Waals surface area contributed by atoms with E-state index in [1.165, 1.54) is 4.40 Å². The quantitative estimate of drug-likeness (QED) is 0.843. The standard InChI is InChI=1S/C14H16ClN3O2/c1-10-7-17(4-5-20-10)9-12-6-14(19)18-8-11(15)2-3-13(18)16-12/h2-3,6,8,10H,4-5,7,9H2,1H3/t10-/m1/s1. The molecule has 3 rings (SSSR count). The molecule has 1 saturated heterocycles. The van der Waals surface area contributed by atoms with E-state index in [0.717, 1.165) is 25.4 Å². The summed E-state index contributed by atoms with van der Waals surface area (Å²) in [6.07, 6.45) is 1.82. The van der Waals surface area contributed by atoms with Crippen molar-refractivity contribution in [2.24, 2.45) is 0 Å². The van der Waals surface area contributed by atoms with E-state index in [4.69, 9.17) is 16.3 Å². The zero-order valence-electron chi connectivity index (χ0n) is 11.3. The molecule has 0 radical (unpaired) electrons. The first kappa shape index (κ1) is 13.5. The second-order valence-electron chi connectivity index (χ2n) is 5.08. The molecule has 0 aromatic carbocycles. The zero-order chi connectivity index (χ0) is 14.1. The lowest BCUT2D eigenvalue weighted by atomic mass is 10.2. The number of halogens is 1. The predicted molar refractivity (Wildman–Crippen MR) is 77.2 cm³/mol.